The van der Waals surface area contributed by atoms with Crippen molar-refractivity contribution in [1.29, 1.82) is 0 Å². The number of hydrogen-bond donors (Lipinski definition) is 3. The van der Waals surface area contributed by atoms with Crippen LogP contribution in [0.3, 0.4) is 0 Å². The molecular weight excluding hydrogens is 248 g/mol. The average molecular weight is 266 g/mol. The summed E-state index contributed by atoms with van der Waals surface area (Å²) in [5.41, 5.74) is 5.92. The minimum absolute atomic E-state index is 0.0635. The summed E-state index contributed by atoms with van der Waals surface area (Å²) in [6.07, 6.45) is 4.15. The number of aromatic amines is 1. The molecule has 7 nitrogen and oxygen atoms in total. The minimum atomic E-state index is -0.555. The van der Waals surface area contributed by atoms with E-state index >= 15 is 0 Å². The van der Waals surface area contributed by atoms with E-state index in [0.29, 0.717) is 12.5 Å². The normalized spacial score (nSPS) is 23.0. The van der Waals surface area contributed by atoms with Crippen LogP contribution >= 0.6 is 0 Å². The number of amides is 1. The number of nitro groups is 1. The fourth-order valence-electron chi connectivity index (χ4n) is 2.55. The lowest BCUT2D eigenvalue weighted by Gasteiger charge is -2.30. The molecule has 2 atom stereocenters. The highest BCUT2D eigenvalue weighted by atomic mass is 16.6. The number of nitrogens with two attached hydrogens (primary N) is 1. The lowest BCUT2D eigenvalue weighted by atomic mass is 9.84. The van der Waals surface area contributed by atoms with Gasteiger partial charge in [0.1, 0.15) is 0 Å². The molecule has 1 aliphatic carbocycles. The van der Waals surface area contributed by atoms with Gasteiger partial charge in [-0.15, -0.1) is 0 Å². The number of carbonyl (C=O) groups is 1. The molecule has 0 spiro atoms. The monoisotopic (exact) mass is 266 g/mol. The molecule has 1 aliphatic rings. The molecule has 7 heteroatoms. The SMILES string of the molecule is NCC1CCCCC1NC(=O)c1ccc([N+](=O)[O-])[nH]1. The van der Waals surface area contributed by atoms with Gasteiger partial charge in [-0.1, -0.05) is 12.8 Å². The third-order valence-electron chi connectivity index (χ3n) is 3.64. The molecule has 0 bridgehead atoms. The lowest BCUT2D eigenvalue weighted by Crippen LogP contribution is -2.44. The Labute approximate surface area is 110 Å². The van der Waals surface area contributed by atoms with Gasteiger partial charge >= 0.3 is 5.82 Å². The van der Waals surface area contributed by atoms with Crippen molar-refractivity contribution in [3.05, 3.63) is 27.9 Å². The van der Waals surface area contributed by atoms with Crippen molar-refractivity contribution in [3.63, 3.8) is 0 Å². The van der Waals surface area contributed by atoms with Crippen LogP contribution in [0.15, 0.2) is 12.1 Å². The van der Waals surface area contributed by atoms with Gasteiger partial charge in [0.15, 0.2) is 5.69 Å². The van der Waals surface area contributed by atoms with Gasteiger partial charge in [0, 0.05) is 12.1 Å². The van der Waals surface area contributed by atoms with Crippen LogP contribution < -0.4 is 11.1 Å². The molecule has 0 saturated heterocycles. The second-order valence-electron chi connectivity index (χ2n) is 4.87. The fraction of sp³-hybridized carbons (Fsp3) is 0.583. The van der Waals surface area contributed by atoms with Crippen LogP contribution in [-0.2, 0) is 0 Å². The summed E-state index contributed by atoms with van der Waals surface area (Å²) < 4.78 is 0. The maximum atomic E-state index is 12.0. The fourth-order valence-corrected chi connectivity index (χ4v) is 2.55. The largest absolute Gasteiger partial charge is 0.358 e. The first-order valence-electron chi connectivity index (χ1n) is 6.46. The smallest absolute Gasteiger partial charge is 0.321 e. The van der Waals surface area contributed by atoms with E-state index in [4.69, 9.17) is 5.73 Å². The molecule has 1 aromatic rings. The second-order valence-corrected chi connectivity index (χ2v) is 4.87. The van der Waals surface area contributed by atoms with Crippen molar-refractivity contribution < 1.29 is 9.72 Å². The molecule has 1 aromatic heterocycles. The molecule has 1 heterocycles. The van der Waals surface area contributed by atoms with Gasteiger partial charge in [0.25, 0.3) is 5.91 Å². The van der Waals surface area contributed by atoms with Gasteiger partial charge in [0.05, 0.1) is 0 Å². The Morgan fingerprint density at radius 3 is 2.84 bits per heavy atom. The van der Waals surface area contributed by atoms with Crippen LogP contribution in [0.1, 0.15) is 36.2 Å². The van der Waals surface area contributed by atoms with Crippen LogP contribution in [0.5, 0.6) is 0 Å². The highest BCUT2D eigenvalue weighted by Crippen LogP contribution is 2.23. The maximum Gasteiger partial charge on any atom is 0.321 e. The Morgan fingerprint density at radius 1 is 1.47 bits per heavy atom. The summed E-state index contributed by atoms with van der Waals surface area (Å²) in [6, 6.07) is 2.78. The minimum Gasteiger partial charge on any atom is -0.358 e. The molecule has 0 aliphatic heterocycles. The zero-order valence-electron chi connectivity index (χ0n) is 10.6. The van der Waals surface area contributed by atoms with E-state index in [1.165, 1.54) is 12.1 Å². The Bertz CT molecular complexity index is 471. The first-order chi connectivity index (χ1) is 9.11. The van der Waals surface area contributed by atoms with Gasteiger partial charge in [0.2, 0.25) is 0 Å². The maximum absolute atomic E-state index is 12.0. The molecule has 2 unspecified atom stereocenters. The number of hydrogen-bond acceptors (Lipinski definition) is 4. The number of H-pyrrole nitrogens is 1. The molecule has 1 fully saturated rings. The highest BCUT2D eigenvalue weighted by molar-refractivity contribution is 5.93. The molecule has 0 aromatic carbocycles. The van der Waals surface area contributed by atoms with E-state index in [9.17, 15) is 14.9 Å². The van der Waals surface area contributed by atoms with E-state index in [-0.39, 0.29) is 23.5 Å². The van der Waals surface area contributed by atoms with E-state index < -0.39 is 4.92 Å². The van der Waals surface area contributed by atoms with Crippen LogP contribution in [0.4, 0.5) is 5.82 Å². The van der Waals surface area contributed by atoms with Crippen molar-refractivity contribution in [2.24, 2.45) is 11.7 Å². The Balaban J connectivity index is 2.01. The number of aromatic nitrogens is 1. The molecule has 4 N–H and O–H groups in total. The third-order valence-corrected chi connectivity index (χ3v) is 3.64. The summed E-state index contributed by atoms with van der Waals surface area (Å²) in [4.78, 5) is 24.5. The van der Waals surface area contributed by atoms with Gasteiger partial charge in [-0.25, -0.2) is 4.98 Å². The molecule has 2 rings (SSSR count). The first kappa shape index (κ1) is 13.5. The summed E-state index contributed by atoms with van der Waals surface area (Å²) in [7, 11) is 0. The predicted octanol–water partition coefficient (Wildman–Crippen LogP) is 1.17. The molecule has 1 amide bonds. The molecule has 0 radical (unpaired) electrons. The number of nitrogens with zero attached hydrogens (tertiary/aromatic N) is 1. The van der Waals surface area contributed by atoms with Gasteiger partial charge in [-0.3, -0.25) is 4.79 Å². The first-order valence-corrected chi connectivity index (χ1v) is 6.46. The lowest BCUT2D eigenvalue weighted by molar-refractivity contribution is -0.389. The summed E-state index contributed by atoms with van der Waals surface area (Å²) in [6.45, 7) is 0.551. The molecule has 1 saturated carbocycles. The number of nitrogens with one attached hydrogen (secondary N) is 2. The topological polar surface area (TPSA) is 114 Å². The average Bonchev–Trinajstić information content (AvgIpc) is 2.89. The summed E-state index contributed by atoms with van der Waals surface area (Å²) in [5, 5.41) is 13.5. The highest BCUT2D eigenvalue weighted by Gasteiger charge is 2.27. The quantitative estimate of drug-likeness (QED) is 0.560. The third kappa shape index (κ3) is 3.11. The van der Waals surface area contributed by atoms with Crippen LogP contribution in [0.25, 0.3) is 0 Å². The second kappa shape index (κ2) is 5.83. The Morgan fingerprint density at radius 2 is 2.21 bits per heavy atom. The van der Waals surface area contributed by atoms with Crippen molar-refractivity contribution in [2.75, 3.05) is 6.54 Å². The molecular formula is C12H18N4O3. The van der Waals surface area contributed by atoms with E-state index in [0.717, 1.165) is 25.7 Å². The van der Waals surface area contributed by atoms with Crippen LogP contribution in [0, 0.1) is 16.0 Å². The number of carbonyl (C=O) groups excluding carboxylic acids is 1. The summed E-state index contributed by atoms with van der Waals surface area (Å²) >= 11 is 0. The standard InChI is InChI=1S/C12H18N4O3/c13-7-8-3-1-2-4-9(8)15-12(17)10-5-6-11(14-10)16(18)19/h5-6,8-9,14H,1-4,7,13H2,(H,15,17). The van der Waals surface area contributed by atoms with E-state index in [1.807, 2.05) is 0 Å². The zero-order chi connectivity index (χ0) is 13.8. The van der Waals surface area contributed by atoms with E-state index in [2.05, 4.69) is 10.3 Å². The van der Waals surface area contributed by atoms with Crippen molar-refractivity contribution in [2.45, 2.75) is 31.7 Å². The van der Waals surface area contributed by atoms with E-state index in [1.54, 1.807) is 0 Å². The Hall–Kier alpha value is -1.89. The van der Waals surface area contributed by atoms with Crippen LogP contribution in [0.2, 0.25) is 0 Å². The van der Waals surface area contributed by atoms with Gasteiger partial charge in [-0.2, -0.15) is 0 Å². The van der Waals surface area contributed by atoms with Crippen molar-refractivity contribution >= 4 is 11.7 Å². The zero-order valence-corrected chi connectivity index (χ0v) is 10.6. The van der Waals surface area contributed by atoms with Crippen molar-refractivity contribution in [1.82, 2.24) is 10.3 Å². The Kier molecular flexibility index (Phi) is 4.16. The molecule has 19 heavy (non-hydrogen) atoms. The van der Waals surface area contributed by atoms with Gasteiger partial charge < -0.3 is 21.2 Å². The predicted molar refractivity (Wildman–Crippen MR) is 69.7 cm³/mol. The van der Waals surface area contributed by atoms with Crippen molar-refractivity contribution in [3.8, 4) is 0 Å². The molecule has 104 valence electrons. The summed E-state index contributed by atoms with van der Waals surface area (Å²) in [5.74, 6) is -0.190. The number of rotatable bonds is 4. The van der Waals surface area contributed by atoms with Crippen LogP contribution in [-0.4, -0.2) is 28.4 Å². The van der Waals surface area contributed by atoms with Gasteiger partial charge in [-0.05, 0) is 36.3 Å².